The van der Waals surface area contributed by atoms with Gasteiger partial charge in [0, 0.05) is 18.6 Å². The third kappa shape index (κ3) is 1.93. The lowest BCUT2D eigenvalue weighted by molar-refractivity contribution is -0.0532. The van der Waals surface area contributed by atoms with Gasteiger partial charge in [0.2, 0.25) is 0 Å². The Labute approximate surface area is 66.3 Å². The van der Waals surface area contributed by atoms with Crippen molar-refractivity contribution in [2.24, 2.45) is 5.41 Å². The van der Waals surface area contributed by atoms with Crippen molar-refractivity contribution >= 4 is 7.32 Å². The molecule has 0 atom stereocenters. The zero-order valence-corrected chi connectivity index (χ0v) is 6.62. The summed E-state index contributed by atoms with van der Waals surface area (Å²) in [5, 5.41) is 17.8. The molecule has 4 nitrogen and oxygen atoms in total. The topological polar surface area (TPSA) is 58.9 Å². The van der Waals surface area contributed by atoms with E-state index in [2.05, 4.69) is 0 Å². The minimum absolute atomic E-state index is 0.0379. The molecule has 0 aliphatic carbocycles. The van der Waals surface area contributed by atoms with Crippen LogP contribution in [-0.2, 0) is 9.31 Å². The maximum Gasteiger partial charge on any atom is 0.636 e. The lowest BCUT2D eigenvalue weighted by atomic mass is 9.86. The molecule has 0 radical (unpaired) electrons. The van der Waals surface area contributed by atoms with Crippen LogP contribution in [0.2, 0.25) is 0 Å². The van der Waals surface area contributed by atoms with Gasteiger partial charge < -0.3 is 19.4 Å². The fourth-order valence-corrected chi connectivity index (χ4v) is 0.993. The highest BCUT2D eigenvalue weighted by molar-refractivity contribution is 6.34. The zero-order chi connectivity index (χ0) is 8.32. The molecule has 1 saturated heterocycles. The van der Waals surface area contributed by atoms with E-state index in [9.17, 15) is 0 Å². The van der Waals surface area contributed by atoms with Gasteiger partial charge in [0.1, 0.15) is 0 Å². The van der Waals surface area contributed by atoms with Gasteiger partial charge in [0.15, 0.2) is 0 Å². The van der Waals surface area contributed by atoms with Crippen LogP contribution in [0.4, 0.5) is 0 Å². The number of rotatable bonds is 2. The standard InChI is InChI=1S/C6H13BO4/c1-2-6(3-8)4-10-7(9)11-5-6/h8-9H,2-5H2,1H3. The molecular weight excluding hydrogens is 147 g/mol. The maximum absolute atomic E-state index is 8.99. The van der Waals surface area contributed by atoms with Crippen molar-refractivity contribution < 1.29 is 19.4 Å². The molecule has 1 aliphatic rings. The second-order valence-electron chi connectivity index (χ2n) is 2.94. The third-order valence-corrected chi connectivity index (χ3v) is 2.15. The Morgan fingerprint density at radius 1 is 1.45 bits per heavy atom. The number of aliphatic hydroxyl groups excluding tert-OH is 1. The highest BCUT2D eigenvalue weighted by Gasteiger charge is 2.37. The molecule has 2 N–H and O–H groups in total. The molecule has 5 heteroatoms. The molecule has 0 aromatic carbocycles. The molecule has 1 heterocycles. The Morgan fingerprint density at radius 3 is 2.36 bits per heavy atom. The largest absolute Gasteiger partial charge is 0.636 e. The fraction of sp³-hybridized carbons (Fsp3) is 1.00. The summed E-state index contributed by atoms with van der Waals surface area (Å²) in [6.45, 7) is 2.72. The summed E-state index contributed by atoms with van der Waals surface area (Å²) in [5.74, 6) is 0. The van der Waals surface area contributed by atoms with Crippen LogP contribution < -0.4 is 0 Å². The Bertz CT molecular complexity index is 116. The van der Waals surface area contributed by atoms with Crippen LogP contribution >= 0.6 is 0 Å². The zero-order valence-electron chi connectivity index (χ0n) is 6.62. The van der Waals surface area contributed by atoms with E-state index >= 15 is 0 Å². The molecule has 0 aromatic rings. The van der Waals surface area contributed by atoms with Gasteiger partial charge in [-0.05, 0) is 6.42 Å². The Hall–Kier alpha value is -0.0951. The monoisotopic (exact) mass is 160 g/mol. The number of aliphatic hydroxyl groups is 1. The van der Waals surface area contributed by atoms with Crippen molar-refractivity contribution in [3.8, 4) is 0 Å². The first-order valence-electron chi connectivity index (χ1n) is 3.74. The molecule has 0 amide bonds. The molecule has 64 valence electrons. The Morgan fingerprint density at radius 2 is 2.00 bits per heavy atom. The summed E-state index contributed by atoms with van der Waals surface area (Å²) in [6.07, 6.45) is 0.788. The van der Waals surface area contributed by atoms with Crippen LogP contribution in [0.3, 0.4) is 0 Å². The highest BCUT2D eigenvalue weighted by atomic mass is 16.7. The van der Waals surface area contributed by atoms with E-state index in [4.69, 9.17) is 19.4 Å². The van der Waals surface area contributed by atoms with E-state index in [1.807, 2.05) is 6.92 Å². The predicted octanol–water partition coefficient (Wildman–Crippen LogP) is -0.601. The lowest BCUT2D eigenvalue weighted by Crippen LogP contribution is -2.45. The van der Waals surface area contributed by atoms with Crippen LogP contribution in [0.5, 0.6) is 0 Å². The van der Waals surface area contributed by atoms with Crippen molar-refractivity contribution in [2.45, 2.75) is 13.3 Å². The van der Waals surface area contributed by atoms with E-state index < -0.39 is 7.32 Å². The molecule has 0 spiro atoms. The minimum atomic E-state index is -1.11. The van der Waals surface area contributed by atoms with Gasteiger partial charge in [-0.1, -0.05) is 6.92 Å². The van der Waals surface area contributed by atoms with Crippen LogP contribution in [0.1, 0.15) is 13.3 Å². The van der Waals surface area contributed by atoms with E-state index in [0.717, 1.165) is 6.42 Å². The molecule has 1 fully saturated rings. The van der Waals surface area contributed by atoms with Crippen LogP contribution in [0.15, 0.2) is 0 Å². The molecule has 11 heavy (non-hydrogen) atoms. The fourth-order valence-electron chi connectivity index (χ4n) is 0.993. The summed E-state index contributed by atoms with van der Waals surface area (Å²) >= 11 is 0. The number of hydrogen-bond donors (Lipinski definition) is 2. The van der Waals surface area contributed by atoms with Gasteiger partial charge in [-0.25, -0.2) is 0 Å². The summed E-state index contributed by atoms with van der Waals surface area (Å²) in [4.78, 5) is 0. The first-order valence-corrected chi connectivity index (χ1v) is 3.74. The first kappa shape index (κ1) is 9.00. The molecule has 0 bridgehead atoms. The smallest absolute Gasteiger partial charge is 0.402 e. The van der Waals surface area contributed by atoms with Gasteiger partial charge in [0.25, 0.3) is 0 Å². The lowest BCUT2D eigenvalue weighted by Gasteiger charge is -2.34. The average Bonchev–Trinajstić information content (AvgIpc) is 2.07. The van der Waals surface area contributed by atoms with Gasteiger partial charge in [0.05, 0.1) is 6.61 Å². The van der Waals surface area contributed by atoms with Crippen LogP contribution in [-0.4, -0.2) is 37.3 Å². The summed E-state index contributed by atoms with van der Waals surface area (Å²) < 4.78 is 9.70. The van der Waals surface area contributed by atoms with E-state index in [-0.39, 0.29) is 12.0 Å². The summed E-state index contributed by atoms with van der Waals surface area (Å²) in [7, 11) is -1.11. The van der Waals surface area contributed by atoms with Gasteiger partial charge in [-0.2, -0.15) is 0 Å². The second-order valence-corrected chi connectivity index (χ2v) is 2.94. The van der Waals surface area contributed by atoms with Gasteiger partial charge >= 0.3 is 7.32 Å². The molecule has 1 aliphatic heterocycles. The van der Waals surface area contributed by atoms with Crippen molar-refractivity contribution in [2.75, 3.05) is 19.8 Å². The molecular formula is C6H13BO4. The first-order chi connectivity index (χ1) is 5.22. The Balaban J connectivity index is 2.45. The van der Waals surface area contributed by atoms with Crippen molar-refractivity contribution in [1.82, 2.24) is 0 Å². The quantitative estimate of drug-likeness (QED) is 0.529. The molecule has 1 rings (SSSR count). The number of hydrogen-bond acceptors (Lipinski definition) is 4. The van der Waals surface area contributed by atoms with Crippen LogP contribution in [0.25, 0.3) is 0 Å². The minimum Gasteiger partial charge on any atom is -0.402 e. The summed E-state index contributed by atoms with van der Waals surface area (Å²) in [5.41, 5.74) is -0.306. The highest BCUT2D eigenvalue weighted by Crippen LogP contribution is 2.25. The van der Waals surface area contributed by atoms with E-state index in [1.165, 1.54) is 0 Å². The van der Waals surface area contributed by atoms with Crippen molar-refractivity contribution in [3.63, 3.8) is 0 Å². The SMILES string of the molecule is CCC1(CO)COB(O)OC1. The van der Waals surface area contributed by atoms with Gasteiger partial charge in [-0.3, -0.25) is 0 Å². The predicted molar refractivity (Wildman–Crippen MR) is 39.7 cm³/mol. The average molecular weight is 160 g/mol. The molecule has 0 aromatic heterocycles. The Kier molecular flexibility index (Phi) is 2.89. The van der Waals surface area contributed by atoms with Gasteiger partial charge in [-0.15, -0.1) is 0 Å². The normalized spacial score (nSPS) is 23.7. The van der Waals surface area contributed by atoms with Crippen molar-refractivity contribution in [1.29, 1.82) is 0 Å². The summed E-state index contributed by atoms with van der Waals surface area (Å²) in [6, 6.07) is 0. The van der Waals surface area contributed by atoms with E-state index in [0.29, 0.717) is 13.2 Å². The molecule has 0 unspecified atom stereocenters. The second kappa shape index (κ2) is 3.54. The third-order valence-electron chi connectivity index (χ3n) is 2.15. The van der Waals surface area contributed by atoms with E-state index in [1.54, 1.807) is 0 Å². The molecule has 0 saturated carbocycles. The van der Waals surface area contributed by atoms with Crippen LogP contribution in [0, 0.1) is 5.41 Å². The van der Waals surface area contributed by atoms with Crippen molar-refractivity contribution in [3.05, 3.63) is 0 Å². The maximum atomic E-state index is 8.99.